The maximum absolute atomic E-state index is 5.21. The standard InChI is InChI=1S/C12H13BrN2OS2/c1-3-11-14-12(18-15-11)17-7-8-4-5-10(16-2)9(13)6-8/h4-6H,3,7H2,1-2H3. The fourth-order valence-corrected chi connectivity index (χ4v) is 3.61. The highest BCUT2D eigenvalue weighted by atomic mass is 79.9. The maximum Gasteiger partial charge on any atom is 0.170 e. The van der Waals surface area contributed by atoms with E-state index in [1.54, 1.807) is 18.9 Å². The van der Waals surface area contributed by atoms with Crippen molar-refractivity contribution in [3.63, 3.8) is 0 Å². The van der Waals surface area contributed by atoms with Crippen molar-refractivity contribution in [2.24, 2.45) is 0 Å². The zero-order valence-corrected chi connectivity index (χ0v) is 13.4. The van der Waals surface area contributed by atoms with Crippen LogP contribution in [-0.2, 0) is 12.2 Å². The minimum absolute atomic E-state index is 0.855. The highest BCUT2D eigenvalue weighted by Gasteiger charge is 2.05. The van der Waals surface area contributed by atoms with Gasteiger partial charge in [0, 0.05) is 12.2 Å². The Hall–Kier alpha value is -0.590. The molecular formula is C12H13BrN2OS2. The van der Waals surface area contributed by atoms with Crippen LogP contribution in [0.3, 0.4) is 0 Å². The number of ether oxygens (including phenoxy) is 1. The van der Waals surface area contributed by atoms with E-state index in [2.05, 4.69) is 44.3 Å². The van der Waals surface area contributed by atoms with Crippen molar-refractivity contribution in [2.75, 3.05) is 7.11 Å². The van der Waals surface area contributed by atoms with Crippen LogP contribution < -0.4 is 4.74 Å². The Morgan fingerprint density at radius 2 is 2.28 bits per heavy atom. The molecule has 0 atom stereocenters. The quantitative estimate of drug-likeness (QED) is 0.762. The fraction of sp³-hybridized carbons (Fsp3) is 0.333. The summed E-state index contributed by atoms with van der Waals surface area (Å²) >= 11 is 6.68. The number of rotatable bonds is 5. The number of hydrogen-bond donors (Lipinski definition) is 0. The van der Waals surface area contributed by atoms with Crippen LogP contribution in [0.4, 0.5) is 0 Å². The summed E-state index contributed by atoms with van der Waals surface area (Å²) in [4.78, 5) is 4.43. The van der Waals surface area contributed by atoms with Gasteiger partial charge in [-0.05, 0) is 45.2 Å². The van der Waals surface area contributed by atoms with Crippen molar-refractivity contribution in [3.8, 4) is 5.75 Å². The number of hydrogen-bond acceptors (Lipinski definition) is 5. The first-order valence-corrected chi connectivity index (χ1v) is 8.06. The second-order valence-corrected chi connectivity index (χ2v) is 6.42. The topological polar surface area (TPSA) is 35.0 Å². The lowest BCUT2D eigenvalue weighted by molar-refractivity contribution is 0.412. The number of aromatic nitrogens is 2. The van der Waals surface area contributed by atoms with E-state index in [-0.39, 0.29) is 0 Å². The molecule has 0 fully saturated rings. The van der Waals surface area contributed by atoms with Crippen molar-refractivity contribution >= 4 is 39.2 Å². The van der Waals surface area contributed by atoms with Crippen LogP contribution in [0.2, 0.25) is 0 Å². The average Bonchev–Trinajstić information content (AvgIpc) is 2.84. The molecule has 96 valence electrons. The van der Waals surface area contributed by atoms with Gasteiger partial charge in [0.05, 0.1) is 11.6 Å². The number of benzene rings is 1. The molecule has 0 unspecified atom stereocenters. The van der Waals surface area contributed by atoms with Crippen LogP contribution in [0.15, 0.2) is 27.0 Å². The normalized spacial score (nSPS) is 10.6. The van der Waals surface area contributed by atoms with Gasteiger partial charge in [-0.1, -0.05) is 24.8 Å². The molecule has 6 heteroatoms. The molecule has 0 radical (unpaired) electrons. The van der Waals surface area contributed by atoms with Crippen molar-refractivity contribution in [2.45, 2.75) is 23.4 Å². The van der Waals surface area contributed by atoms with Gasteiger partial charge >= 0.3 is 0 Å². The minimum atomic E-state index is 0.855. The van der Waals surface area contributed by atoms with E-state index in [4.69, 9.17) is 4.74 Å². The van der Waals surface area contributed by atoms with E-state index in [1.807, 2.05) is 6.07 Å². The second kappa shape index (κ2) is 6.54. The molecular weight excluding hydrogens is 332 g/mol. The van der Waals surface area contributed by atoms with Gasteiger partial charge < -0.3 is 4.74 Å². The molecule has 0 aliphatic rings. The van der Waals surface area contributed by atoms with E-state index >= 15 is 0 Å². The Bertz CT molecular complexity index is 531. The Balaban J connectivity index is 1.99. The number of nitrogens with zero attached hydrogens (tertiary/aromatic N) is 2. The first kappa shape index (κ1) is 13.8. The lowest BCUT2D eigenvalue weighted by atomic mass is 10.2. The highest BCUT2D eigenvalue weighted by molar-refractivity contribution is 9.10. The van der Waals surface area contributed by atoms with Gasteiger partial charge in [0.2, 0.25) is 0 Å². The number of aryl methyl sites for hydroxylation is 1. The Morgan fingerprint density at radius 3 is 2.89 bits per heavy atom. The summed E-state index contributed by atoms with van der Waals surface area (Å²) in [5, 5.41) is 0. The summed E-state index contributed by atoms with van der Waals surface area (Å²) in [5.74, 6) is 2.67. The van der Waals surface area contributed by atoms with Crippen molar-refractivity contribution in [1.29, 1.82) is 0 Å². The van der Waals surface area contributed by atoms with Gasteiger partial charge in [0.25, 0.3) is 0 Å². The van der Waals surface area contributed by atoms with E-state index in [1.165, 1.54) is 17.1 Å². The Morgan fingerprint density at radius 1 is 1.44 bits per heavy atom. The fourth-order valence-electron chi connectivity index (χ4n) is 1.38. The van der Waals surface area contributed by atoms with Gasteiger partial charge in [0.1, 0.15) is 11.6 Å². The predicted molar refractivity (Wildman–Crippen MR) is 79.5 cm³/mol. The molecule has 0 aliphatic heterocycles. The number of methoxy groups -OCH3 is 1. The zero-order valence-electron chi connectivity index (χ0n) is 10.1. The van der Waals surface area contributed by atoms with Crippen LogP contribution in [-0.4, -0.2) is 16.5 Å². The molecule has 1 aromatic heterocycles. The molecule has 0 N–H and O–H groups in total. The van der Waals surface area contributed by atoms with E-state index in [0.717, 1.165) is 32.6 Å². The largest absolute Gasteiger partial charge is 0.496 e. The van der Waals surface area contributed by atoms with E-state index < -0.39 is 0 Å². The Kier molecular flexibility index (Phi) is 5.03. The highest BCUT2D eigenvalue weighted by Crippen LogP contribution is 2.29. The summed E-state index contributed by atoms with van der Waals surface area (Å²) in [6.07, 6.45) is 0.894. The van der Waals surface area contributed by atoms with Crippen LogP contribution in [0.1, 0.15) is 18.3 Å². The summed E-state index contributed by atoms with van der Waals surface area (Å²) < 4.78 is 11.5. The molecule has 0 aliphatic carbocycles. The molecule has 0 saturated heterocycles. The first-order chi connectivity index (χ1) is 8.72. The predicted octanol–water partition coefficient (Wildman–Crippen LogP) is 4.16. The van der Waals surface area contributed by atoms with Gasteiger partial charge in [-0.2, -0.15) is 4.37 Å². The third-order valence-electron chi connectivity index (χ3n) is 2.34. The van der Waals surface area contributed by atoms with Crippen molar-refractivity contribution < 1.29 is 4.74 Å². The molecule has 1 heterocycles. The number of thioether (sulfide) groups is 1. The Labute approximate surface area is 123 Å². The summed E-state index contributed by atoms with van der Waals surface area (Å²) in [7, 11) is 1.67. The maximum atomic E-state index is 5.21. The summed E-state index contributed by atoms with van der Waals surface area (Å²) in [6.45, 7) is 2.07. The van der Waals surface area contributed by atoms with Crippen LogP contribution >= 0.6 is 39.2 Å². The molecule has 0 saturated carbocycles. The van der Waals surface area contributed by atoms with E-state index in [0.29, 0.717) is 0 Å². The smallest absolute Gasteiger partial charge is 0.170 e. The molecule has 0 spiro atoms. The molecule has 0 bridgehead atoms. The van der Waals surface area contributed by atoms with Crippen molar-refractivity contribution in [1.82, 2.24) is 9.36 Å². The molecule has 1 aromatic carbocycles. The molecule has 2 aromatic rings. The molecule has 3 nitrogen and oxygen atoms in total. The van der Waals surface area contributed by atoms with E-state index in [9.17, 15) is 0 Å². The van der Waals surface area contributed by atoms with Gasteiger partial charge in [-0.25, -0.2) is 4.98 Å². The summed E-state index contributed by atoms with van der Waals surface area (Å²) in [6, 6.07) is 6.11. The second-order valence-electron chi connectivity index (χ2n) is 3.59. The first-order valence-electron chi connectivity index (χ1n) is 5.50. The van der Waals surface area contributed by atoms with Crippen LogP contribution in [0.5, 0.6) is 5.75 Å². The molecule has 18 heavy (non-hydrogen) atoms. The molecule has 0 amide bonds. The van der Waals surface area contributed by atoms with Gasteiger partial charge in [0.15, 0.2) is 4.34 Å². The lowest BCUT2D eigenvalue weighted by Crippen LogP contribution is -1.87. The monoisotopic (exact) mass is 344 g/mol. The lowest BCUT2D eigenvalue weighted by Gasteiger charge is -2.05. The van der Waals surface area contributed by atoms with Crippen molar-refractivity contribution in [3.05, 3.63) is 34.1 Å². The zero-order chi connectivity index (χ0) is 13.0. The molecule has 2 rings (SSSR count). The van der Waals surface area contributed by atoms with Gasteiger partial charge in [-0.3, -0.25) is 0 Å². The van der Waals surface area contributed by atoms with Crippen LogP contribution in [0, 0.1) is 0 Å². The van der Waals surface area contributed by atoms with Gasteiger partial charge in [-0.15, -0.1) is 0 Å². The third kappa shape index (κ3) is 3.46. The third-order valence-corrected chi connectivity index (χ3v) is 4.91. The number of halogens is 1. The average molecular weight is 345 g/mol. The SMILES string of the molecule is CCc1nsc(SCc2ccc(OC)c(Br)c2)n1. The summed E-state index contributed by atoms with van der Waals surface area (Å²) in [5.41, 5.74) is 1.24. The minimum Gasteiger partial charge on any atom is -0.496 e. The van der Waals surface area contributed by atoms with Crippen LogP contribution in [0.25, 0.3) is 0 Å².